The van der Waals surface area contributed by atoms with E-state index in [0.717, 1.165) is 29.5 Å². The van der Waals surface area contributed by atoms with Gasteiger partial charge in [0.25, 0.3) is 0 Å². The maximum Gasteiger partial charge on any atom is 0.124 e. The molecular formula is C14H20BrFN2O. The molecule has 0 aliphatic carbocycles. The fourth-order valence-electron chi connectivity index (χ4n) is 2.66. The minimum absolute atomic E-state index is 0.0398. The Morgan fingerprint density at radius 2 is 2.32 bits per heavy atom. The molecule has 0 aromatic heterocycles. The standard InChI is InChI=1S/C14H20BrFN2O/c1-2-5-18-6-7-19-13(9-17)14(18)11-4-3-10(16)8-12(11)15/h3-4,8,13-14H,2,5-7,9,17H2,1H3. The summed E-state index contributed by atoms with van der Waals surface area (Å²) in [6.45, 7) is 5.21. The van der Waals surface area contributed by atoms with Crippen molar-refractivity contribution in [3.05, 3.63) is 34.1 Å². The van der Waals surface area contributed by atoms with Gasteiger partial charge in [0.2, 0.25) is 0 Å². The van der Waals surface area contributed by atoms with Crippen LogP contribution in [0.4, 0.5) is 4.39 Å². The zero-order valence-corrected chi connectivity index (χ0v) is 12.7. The van der Waals surface area contributed by atoms with Crippen LogP contribution in [0.2, 0.25) is 0 Å². The monoisotopic (exact) mass is 330 g/mol. The summed E-state index contributed by atoms with van der Waals surface area (Å²) >= 11 is 3.45. The Balaban J connectivity index is 2.33. The molecule has 0 saturated carbocycles. The van der Waals surface area contributed by atoms with E-state index in [4.69, 9.17) is 10.5 Å². The van der Waals surface area contributed by atoms with Gasteiger partial charge in [-0.2, -0.15) is 0 Å². The van der Waals surface area contributed by atoms with Crippen molar-refractivity contribution >= 4 is 15.9 Å². The first-order valence-corrected chi connectivity index (χ1v) is 7.47. The summed E-state index contributed by atoms with van der Waals surface area (Å²) in [6.07, 6.45) is 1.04. The molecule has 1 aliphatic rings. The van der Waals surface area contributed by atoms with E-state index in [2.05, 4.69) is 27.8 Å². The molecule has 1 fully saturated rings. The van der Waals surface area contributed by atoms with Gasteiger partial charge in [-0.15, -0.1) is 0 Å². The van der Waals surface area contributed by atoms with Gasteiger partial charge >= 0.3 is 0 Å². The summed E-state index contributed by atoms with van der Waals surface area (Å²) in [5.41, 5.74) is 6.87. The van der Waals surface area contributed by atoms with Crippen LogP contribution in [0, 0.1) is 5.82 Å². The fraction of sp³-hybridized carbons (Fsp3) is 0.571. The molecule has 2 N–H and O–H groups in total. The second kappa shape index (κ2) is 6.79. The highest BCUT2D eigenvalue weighted by atomic mass is 79.9. The third-order valence-electron chi connectivity index (χ3n) is 3.48. The summed E-state index contributed by atoms with van der Waals surface area (Å²) in [5, 5.41) is 0. The average molecular weight is 331 g/mol. The van der Waals surface area contributed by atoms with Crippen LogP contribution < -0.4 is 5.73 Å². The van der Waals surface area contributed by atoms with Gasteiger partial charge in [-0.05, 0) is 30.7 Å². The quantitative estimate of drug-likeness (QED) is 0.922. The lowest BCUT2D eigenvalue weighted by molar-refractivity contribution is -0.0678. The predicted molar refractivity (Wildman–Crippen MR) is 77.5 cm³/mol. The average Bonchev–Trinajstić information content (AvgIpc) is 2.39. The molecule has 2 unspecified atom stereocenters. The molecule has 5 heteroatoms. The van der Waals surface area contributed by atoms with E-state index in [9.17, 15) is 4.39 Å². The highest BCUT2D eigenvalue weighted by molar-refractivity contribution is 9.10. The van der Waals surface area contributed by atoms with Crippen molar-refractivity contribution in [3.63, 3.8) is 0 Å². The molecule has 0 bridgehead atoms. The van der Waals surface area contributed by atoms with Crippen LogP contribution in [-0.4, -0.2) is 37.2 Å². The van der Waals surface area contributed by atoms with Gasteiger partial charge in [-0.25, -0.2) is 4.39 Å². The van der Waals surface area contributed by atoms with Crippen LogP contribution in [-0.2, 0) is 4.74 Å². The normalized spacial score (nSPS) is 24.6. The van der Waals surface area contributed by atoms with Crippen molar-refractivity contribution in [3.8, 4) is 0 Å². The number of nitrogens with two attached hydrogens (primary N) is 1. The number of rotatable bonds is 4. The summed E-state index contributed by atoms with van der Waals surface area (Å²) in [4.78, 5) is 2.37. The smallest absolute Gasteiger partial charge is 0.124 e. The first-order chi connectivity index (χ1) is 9.17. The predicted octanol–water partition coefficient (Wildman–Crippen LogP) is 2.70. The molecule has 0 radical (unpaired) electrons. The summed E-state index contributed by atoms with van der Waals surface area (Å²) in [5.74, 6) is -0.237. The van der Waals surface area contributed by atoms with Crippen molar-refractivity contribution in [2.24, 2.45) is 5.73 Å². The SMILES string of the molecule is CCCN1CCOC(CN)C1c1ccc(F)cc1Br. The highest BCUT2D eigenvalue weighted by Crippen LogP contribution is 2.34. The summed E-state index contributed by atoms with van der Waals surface area (Å²) in [6, 6.07) is 4.91. The largest absolute Gasteiger partial charge is 0.374 e. The van der Waals surface area contributed by atoms with Crippen LogP contribution in [0.25, 0.3) is 0 Å². The van der Waals surface area contributed by atoms with E-state index in [1.807, 2.05) is 6.07 Å². The van der Waals surface area contributed by atoms with E-state index in [1.54, 1.807) is 0 Å². The molecule has 3 nitrogen and oxygen atoms in total. The summed E-state index contributed by atoms with van der Waals surface area (Å²) in [7, 11) is 0. The maximum atomic E-state index is 13.2. The first-order valence-electron chi connectivity index (χ1n) is 6.68. The van der Waals surface area contributed by atoms with E-state index >= 15 is 0 Å². The minimum Gasteiger partial charge on any atom is -0.374 e. The Bertz CT molecular complexity index is 428. The maximum absolute atomic E-state index is 13.2. The Kier molecular flexibility index (Phi) is 5.33. The lowest BCUT2D eigenvalue weighted by Crippen LogP contribution is -2.48. The molecule has 1 aromatic carbocycles. The van der Waals surface area contributed by atoms with Crippen LogP contribution in [0.5, 0.6) is 0 Å². The minimum atomic E-state index is -0.237. The molecule has 19 heavy (non-hydrogen) atoms. The van der Waals surface area contributed by atoms with Crippen molar-refractivity contribution < 1.29 is 9.13 Å². The Morgan fingerprint density at radius 3 is 2.95 bits per heavy atom. The Labute approximate surface area is 122 Å². The molecule has 0 spiro atoms. The third kappa shape index (κ3) is 3.34. The lowest BCUT2D eigenvalue weighted by atomic mass is 9.97. The van der Waals surface area contributed by atoms with Crippen LogP contribution in [0.15, 0.2) is 22.7 Å². The molecular weight excluding hydrogens is 311 g/mol. The molecule has 2 atom stereocenters. The first kappa shape index (κ1) is 14.9. The molecule has 106 valence electrons. The third-order valence-corrected chi connectivity index (χ3v) is 4.17. The fourth-order valence-corrected chi connectivity index (χ4v) is 3.25. The van der Waals surface area contributed by atoms with E-state index in [0.29, 0.717) is 13.2 Å². The van der Waals surface area contributed by atoms with Crippen molar-refractivity contribution in [1.82, 2.24) is 4.90 Å². The van der Waals surface area contributed by atoms with Crippen LogP contribution in [0.3, 0.4) is 0 Å². The number of hydrogen-bond acceptors (Lipinski definition) is 3. The van der Waals surface area contributed by atoms with E-state index in [1.165, 1.54) is 12.1 Å². The van der Waals surface area contributed by atoms with Gasteiger partial charge < -0.3 is 10.5 Å². The molecule has 0 amide bonds. The number of hydrogen-bond donors (Lipinski definition) is 1. The number of benzene rings is 1. The molecule has 2 rings (SSSR count). The highest BCUT2D eigenvalue weighted by Gasteiger charge is 2.33. The van der Waals surface area contributed by atoms with Crippen LogP contribution in [0.1, 0.15) is 24.9 Å². The summed E-state index contributed by atoms with van der Waals surface area (Å²) < 4.78 is 19.8. The van der Waals surface area contributed by atoms with Gasteiger partial charge in [0, 0.05) is 17.6 Å². The van der Waals surface area contributed by atoms with Gasteiger partial charge in [0.05, 0.1) is 18.8 Å². The second-order valence-electron chi connectivity index (χ2n) is 4.79. The zero-order valence-electron chi connectivity index (χ0n) is 11.1. The van der Waals surface area contributed by atoms with E-state index in [-0.39, 0.29) is 18.0 Å². The number of ether oxygens (including phenoxy) is 1. The van der Waals surface area contributed by atoms with Crippen molar-refractivity contribution in [2.45, 2.75) is 25.5 Å². The van der Waals surface area contributed by atoms with Gasteiger partial charge in [-0.3, -0.25) is 4.90 Å². The Hall–Kier alpha value is -0.490. The zero-order chi connectivity index (χ0) is 13.8. The second-order valence-corrected chi connectivity index (χ2v) is 5.65. The van der Waals surface area contributed by atoms with Gasteiger partial charge in [0.1, 0.15) is 5.82 Å². The topological polar surface area (TPSA) is 38.5 Å². The van der Waals surface area contributed by atoms with E-state index < -0.39 is 0 Å². The van der Waals surface area contributed by atoms with Gasteiger partial charge in [0.15, 0.2) is 0 Å². The Morgan fingerprint density at radius 1 is 1.53 bits per heavy atom. The number of halogens is 2. The van der Waals surface area contributed by atoms with Crippen molar-refractivity contribution in [1.29, 1.82) is 0 Å². The molecule has 1 heterocycles. The van der Waals surface area contributed by atoms with Crippen LogP contribution >= 0.6 is 15.9 Å². The lowest BCUT2D eigenvalue weighted by Gasteiger charge is -2.41. The van der Waals surface area contributed by atoms with Gasteiger partial charge in [-0.1, -0.05) is 28.9 Å². The molecule has 1 aliphatic heterocycles. The number of nitrogens with zero attached hydrogens (tertiary/aromatic N) is 1. The van der Waals surface area contributed by atoms with Crippen molar-refractivity contribution in [2.75, 3.05) is 26.2 Å². The molecule has 1 saturated heterocycles. The molecule has 1 aromatic rings. The number of morpholine rings is 1.